The van der Waals surface area contributed by atoms with E-state index in [-0.39, 0.29) is 0 Å². The normalized spacial score (nSPS) is 14.2. The van der Waals surface area contributed by atoms with Gasteiger partial charge in [0, 0.05) is 31.2 Å². The van der Waals surface area contributed by atoms with Crippen molar-refractivity contribution in [2.24, 2.45) is 11.7 Å². The Morgan fingerprint density at radius 1 is 0.800 bits per heavy atom. The number of hydrogen-bond acceptors (Lipinski definition) is 6. The Balaban J connectivity index is 0. The van der Waals surface area contributed by atoms with E-state index in [1.54, 1.807) is 0 Å². The molecule has 0 radical (unpaired) electrons. The van der Waals surface area contributed by atoms with Crippen LogP contribution in [0.3, 0.4) is 0 Å². The van der Waals surface area contributed by atoms with Gasteiger partial charge in [-0.1, -0.05) is 0 Å². The number of aliphatic carboxylic acids is 3. The number of anilines is 1. The first-order valence-electron chi connectivity index (χ1n) is 8.98. The van der Waals surface area contributed by atoms with Crippen LogP contribution in [-0.4, -0.2) is 76.4 Å². The van der Waals surface area contributed by atoms with Gasteiger partial charge >= 0.3 is 36.4 Å². The topological polar surface area (TPSA) is 154 Å². The van der Waals surface area contributed by atoms with Gasteiger partial charge in [0.1, 0.15) is 0 Å². The van der Waals surface area contributed by atoms with Crippen LogP contribution in [0.2, 0.25) is 0 Å². The maximum atomic E-state index is 10.6. The molecule has 0 bridgehead atoms. The summed E-state index contributed by atoms with van der Waals surface area (Å²) in [4.78, 5) is 33.1. The Morgan fingerprint density at radius 2 is 1.09 bits per heavy atom. The first kappa shape index (κ1) is 33.9. The molecule has 0 atom stereocenters. The summed E-state index contributed by atoms with van der Waals surface area (Å²) in [7, 11) is 0. The highest BCUT2D eigenvalue weighted by Crippen LogP contribution is 2.21. The van der Waals surface area contributed by atoms with Gasteiger partial charge in [0.2, 0.25) is 0 Å². The average Bonchev–Trinajstić information content (AvgIpc) is 2.74. The van der Waals surface area contributed by atoms with Gasteiger partial charge in [-0.2, -0.15) is 39.5 Å². The second-order valence-corrected chi connectivity index (χ2v) is 6.28. The maximum absolute atomic E-state index is 10.6. The van der Waals surface area contributed by atoms with E-state index in [0.29, 0.717) is 0 Å². The number of hydrogen-bond donors (Lipinski definition) is 4. The van der Waals surface area contributed by atoms with Crippen LogP contribution in [0, 0.1) is 5.92 Å². The minimum Gasteiger partial charge on any atom is -0.475 e. The molecule has 2 rings (SSSR count). The Kier molecular flexibility index (Phi) is 14.4. The van der Waals surface area contributed by atoms with E-state index >= 15 is 0 Å². The molecule has 202 valence electrons. The fraction of sp³-hybridized carbons (Fsp3) is 0.529. The maximum Gasteiger partial charge on any atom is 0.490 e. The monoisotopic (exact) mass is 533 g/mol. The standard InChI is InChI=1S/C11H17N3.3C2HF3O2/c12-9-10-3-7-14(8-4-10)11-1-5-13-6-2-11;3*3-2(4,5)1(6)7/h1-2,5-6,10H,3-4,7-9,12H2;3*(H,6,7). The lowest BCUT2D eigenvalue weighted by atomic mass is 9.97. The molecule has 9 nitrogen and oxygen atoms in total. The quantitative estimate of drug-likeness (QED) is 0.420. The summed E-state index contributed by atoms with van der Waals surface area (Å²) in [6.45, 7) is 3.10. The van der Waals surface area contributed by atoms with E-state index in [4.69, 9.17) is 35.4 Å². The zero-order chi connectivity index (χ0) is 28.0. The Bertz CT molecular complexity index is 721. The zero-order valence-electron chi connectivity index (χ0n) is 17.4. The van der Waals surface area contributed by atoms with Gasteiger partial charge in [0.25, 0.3) is 0 Å². The van der Waals surface area contributed by atoms with Crippen molar-refractivity contribution in [3.8, 4) is 0 Å². The number of nitrogens with two attached hydrogens (primary N) is 1. The molecule has 0 unspecified atom stereocenters. The fourth-order valence-corrected chi connectivity index (χ4v) is 1.98. The molecule has 0 saturated carbocycles. The molecular formula is C17H20F9N3O6. The SMILES string of the molecule is NCC1CCN(c2ccncc2)CC1.O=C(O)C(F)(F)F.O=C(O)C(F)(F)F.O=C(O)C(F)(F)F. The molecule has 35 heavy (non-hydrogen) atoms. The van der Waals surface area contributed by atoms with Crippen LogP contribution in [0.1, 0.15) is 12.8 Å². The Labute approximate surface area is 190 Å². The molecular weight excluding hydrogens is 513 g/mol. The fourth-order valence-electron chi connectivity index (χ4n) is 1.98. The predicted octanol–water partition coefficient (Wildman–Crippen LogP) is 3.16. The molecule has 0 aromatic carbocycles. The summed E-state index contributed by atoms with van der Waals surface area (Å²) in [5, 5.41) is 21.4. The molecule has 2 heterocycles. The van der Waals surface area contributed by atoms with Gasteiger partial charge < -0.3 is 26.0 Å². The Morgan fingerprint density at radius 3 is 1.31 bits per heavy atom. The largest absolute Gasteiger partial charge is 0.490 e. The number of carbonyl (C=O) groups is 3. The van der Waals surface area contributed by atoms with Crippen molar-refractivity contribution in [2.45, 2.75) is 31.4 Å². The lowest BCUT2D eigenvalue weighted by molar-refractivity contribution is -0.193. The molecule has 0 aliphatic carbocycles. The molecule has 1 aliphatic heterocycles. The summed E-state index contributed by atoms with van der Waals surface area (Å²) in [6, 6.07) is 4.14. The molecule has 5 N–H and O–H groups in total. The third-order valence-corrected chi connectivity index (χ3v) is 3.70. The number of alkyl halides is 9. The van der Waals surface area contributed by atoms with Crippen LogP contribution in [-0.2, 0) is 14.4 Å². The zero-order valence-corrected chi connectivity index (χ0v) is 17.4. The van der Waals surface area contributed by atoms with Crippen molar-refractivity contribution in [1.82, 2.24) is 4.98 Å². The molecule has 1 aliphatic rings. The number of aromatic nitrogens is 1. The van der Waals surface area contributed by atoms with Crippen LogP contribution in [0.5, 0.6) is 0 Å². The summed E-state index contributed by atoms with van der Waals surface area (Å²) >= 11 is 0. The first-order valence-corrected chi connectivity index (χ1v) is 8.98. The molecule has 1 aromatic heterocycles. The van der Waals surface area contributed by atoms with Gasteiger partial charge in [-0.3, -0.25) is 4.98 Å². The third kappa shape index (κ3) is 16.9. The molecule has 18 heteroatoms. The number of carboxylic acids is 3. The molecule has 1 saturated heterocycles. The second kappa shape index (κ2) is 14.8. The van der Waals surface area contributed by atoms with Crippen LogP contribution in [0.15, 0.2) is 24.5 Å². The summed E-state index contributed by atoms with van der Waals surface area (Å²) in [5.74, 6) is -7.54. The highest BCUT2D eigenvalue weighted by molar-refractivity contribution is 5.73. The van der Waals surface area contributed by atoms with E-state index < -0.39 is 36.4 Å². The number of carboxylic acid groups (broad SMARTS) is 3. The van der Waals surface area contributed by atoms with Crippen molar-refractivity contribution in [3.63, 3.8) is 0 Å². The van der Waals surface area contributed by atoms with Gasteiger partial charge in [0.05, 0.1) is 0 Å². The second-order valence-electron chi connectivity index (χ2n) is 6.28. The van der Waals surface area contributed by atoms with Gasteiger partial charge in [-0.25, -0.2) is 14.4 Å². The van der Waals surface area contributed by atoms with Crippen molar-refractivity contribution in [3.05, 3.63) is 24.5 Å². The van der Waals surface area contributed by atoms with Crippen LogP contribution in [0.4, 0.5) is 45.2 Å². The minimum atomic E-state index is -5.08. The number of piperidine rings is 1. The van der Waals surface area contributed by atoms with E-state index in [9.17, 15) is 39.5 Å². The van der Waals surface area contributed by atoms with Gasteiger partial charge in [0.15, 0.2) is 0 Å². The smallest absolute Gasteiger partial charge is 0.475 e. The van der Waals surface area contributed by atoms with Gasteiger partial charge in [-0.15, -0.1) is 0 Å². The molecule has 0 spiro atoms. The van der Waals surface area contributed by atoms with Gasteiger partial charge in [-0.05, 0) is 37.4 Å². The summed E-state index contributed by atoms with van der Waals surface area (Å²) < 4.78 is 95.2. The third-order valence-electron chi connectivity index (χ3n) is 3.70. The average molecular weight is 533 g/mol. The number of halogens is 9. The van der Waals surface area contributed by atoms with E-state index in [2.05, 4.69) is 22.0 Å². The highest BCUT2D eigenvalue weighted by atomic mass is 19.4. The van der Waals surface area contributed by atoms with Crippen LogP contribution in [0.25, 0.3) is 0 Å². The molecule has 0 amide bonds. The van der Waals surface area contributed by atoms with Crippen molar-refractivity contribution in [2.75, 3.05) is 24.5 Å². The van der Waals surface area contributed by atoms with E-state index in [0.717, 1.165) is 25.6 Å². The Hall–Kier alpha value is -3.31. The highest BCUT2D eigenvalue weighted by Gasteiger charge is 2.39. The van der Waals surface area contributed by atoms with Crippen LogP contribution >= 0.6 is 0 Å². The summed E-state index contributed by atoms with van der Waals surface area (Å²) in [6.07, 6.45) is -9.10. The lowest BCUT2D eigenvalue weighted by Crippen LogP contribution is -2.35. The van der Waals surface area contributed by atoms with E-state index in [1.807, 2.05) is 12.4 Å². The molecule has 1 aromatic rings. The molecule has 1 fully saturated rings. The van der Waals surface area contributed by atoms with Crippen molar-refractivity contribution < 1.29 is 69.2 Å². The lowest BCUT2D eigenvalue weighted by Gasteiger charge is -2.32. The first-order chi connectivity index (χ1) is 15.7. The number of nitrogens with zero attached hydrogens (tertiary/aromatic N) is 2. The summed E-state index contributed by atoms with van der Waals surface area (Å²) in [5.41, 5.74) is 6.95. The number of rotatable bonds is 2. The minimum absolute atomic E-state index is 0.730. The number of pyridine rings is 1. The van der Waals surface area contributed by atoms with Crippen molar-refractivity contribution in [1.29, 1.82) is 0 Å². The van der Waals surface area contributed by atoms with Crippen LogP contribution < -0.4 is 10.6 Å². The van der Waals surface area contributed by atoms with Crippen molar-refractivity contribution >= 4 is 23.6 Å². The predicted molar refractivity (Wildman–Crippen MR) is 99.3 cm³/mol. The van der Waals surface area contributed by atoms with E-state index in [1.165, 1.54) is 18.5 Å².